The van der Waals surface area contributed by atoms with Crippen molar-refractivity contribution >= 4 is 16.7 Å². The number of nitrogens with zero attached hydrogens (tertiary/aromatic N) is 2. The smallest absolute Gasteiger partial charge is 0.358 e. The molecule has 0 aliphatic rings. The first kappa shape index (κ1) is 17.2. The number of aromatic nitrogens is 2. The number of carbonyl (C=O) groups excluding carboxylic acids is 1. The van der Waals surface area contributed by atoms with E-state index in [1.807, 2.05) is 12.1 Å². The van der Waals surface area contributed by atoms with Gasteiger partial charge in [0.05, 0.1) is 25.6 Å². The van der Waals surface area contributed by atoms with Gasteiger partial charge in [-0.3, -0.25) is 0 Å². The van der Waals surface area contributed by atoms with E-state index in [1.54, 1.807) is 24.0 Å². The highest BCUT2D eigenvalue weighted by atomic mass is 16.5. The summed E-state index contributed by atoms with van der Waals surface area (Å²) in [6.45, 7) is 1.76. The first-order valence-corrected chi connectivity index (χ1v) is 8.36. The summed E-state index contributed by atoms with van der Waals surface area (Å²) < 4.78 is 6.48. The Kier molecular flexibility index (Phi) is 5.14. The van der Waals surface area contributed by atoms with E-state index in [-0.39, 0.29) is 11.7 Å². The molecule has 5 nitrogen and oxygen atoms in total. The maximum atomic E-state index is 11.6. The minimum Gasteiger partial charge on any atom is -0.464 e. The van der Waals surface area contributed by atoms with Gasteiger partial charge in [-0.2, -0.15) is 0 Å². The molecule has 3 rings (SSSR count). The van der Waals surface area contributed by atoms with Gasteiger partial charge in [0.1, 0.15) is 0 Å². The molecule has 1 N–H and O–H groups in total. The standard InChI is InChI=1S/C20H22N2O3/c1-14(23)19(22-12-18(21-13-22)20(24)25-2)11-10-16-8-5-7-15-6-3-4-9-17(15)16/h3-9,12-14,19,23H,10-11H2,1-2H3. The summed E-state index contributed by atoms with van der Waals surface area (Å²) >= 11 is 0. The summed E-state index contributed by atoms with van der Waals surface area (Å²) in [7, 11) is 1.33. The Morgan fingerprint density at radius 1 is 1.24 bits per heavy atom. The van der Waals surface area contributed by atoms with E-state index in [4.69, 9.17) is 4.74 Å². The molecule has 5 heteroatoms. The van der Waals surface area contributed by atoms with Crippen LogP contribution in [0.15, 0.2) is 55.0 Å². The van der Waals surface area contributed by atoms with Crippen molar-refractivity contribution in [2.24, 2.45) is 0 Å². The molecule has 2 aromatic carbocycles. The molecule has 1 heterocycles. The van der Waals surface area contributed by atoms with Crippen LogP contribution in [-0.2, 0) is 11.2 Å². The van der Waals surface area contributed by atoms with E-state index in [0.717, 1.165) is 12.8 Å². The average molecular weight is 338 g/mol. The number of methoxy groups -OCH3 is 1. The Morgan fingerprint density at radius 3 is 2.76 bits per heavy atom. The number of hydrogen-bond donors (Lipinski definition) is 1. The molecule has 25 heavy (non-hydrogen) atoms. The van der Waals surface area contributed by atoms with Gasteiger partial charge in [0.2, 0.25) is 0 Å². The number of hydrogen-bond acceptors (Lipinski definition) is 4. The van der Waals surface area contributed by atoms with Crippen molar-refractivity contribution in [3.63, 3.8) is 0 Å². The molecule has 0 bridgehead atoms. The predicted octanol–water partition coefficient (Wildman–Crippen LogP) is 3.38. The highest BCUT2D eigenvalue weighted by Crippen LogP contribution is 2.24. The van der Waals surface area contributed by atoms with Crippen LogP contribution in [0.25, 0.3) is 10.8 Å². The summed E-state index contributed by atoms with van der Waals surface area (Å²) in [5.74, 6) is -0.475. The lowest BCUT2D eigenvalue weighted by Gasteiger charge is -2.21. The van der Waals surface area contributed by atoms with Crippen LogP contribution < -0.4 is 0 Å². The summed E-state index contributed by atoms with van der Waals surface area (Å²) in [6.07, 6.45) is 4.21. The van der Waals surface area contributed by atoms with Gasteiger partial charge in [-0.15, -0.1) is 0 Å². The quantitative estimate of drug-likeness (QED) is 0.700. The summed E-state index contributed by atoms with van der Waals surface area (Å²) in [5.41, 5.74) is 1.50. The summed E-state index contributed by atoms with van der Waals surface area (Å²) in [4.78, 5) is 15.7. The number of rotatable bonds is 6. The van der Waals surface area contributed by atoms with Crippen molar-refractivity contribution in [3.8, 4) is 0 Å². The second kappa shape index (κ2) is 7.49. The lowest BCUT2D eigenvalue weighted by atomic mass is 9.97. The second-order valence-electron chi connectivity index (χ2n) is 6.18. The van der Waals surface area contributed by atoms with E-state index in [1.165, 1.54) is 23.4 Å². The SMILES string of the molecule is COC(=O)c1cn(C(CCc2cccc3ccccc23)C(C)O)cn1. The Bertz CT molecular complexity index is 865. The minimum absolute atomic E-state index is 0.162. The monoisotopic (exact) mass is 338 g/mol. The van der Waals surface area contributed by atoms with Gasteiger partial charge in [-0.1, -0.05) is 42.5 Å². The van der Waals surface area contributed by atoms with Crippen LogP contribution in [0.1, 0.15) is 35.4 Å². The lowest BCUT2D eigenvalue weighted by Crippen LogP contribution is -2.21. The van der Waals surface area contributed by atoms with Crippen LogP contribution in [0.3, 0.4) is 0 Å². The second-order valence-corrected chi connectivity index (χ2v) is 6.18. The summed E-state index contributed by atoms with van der Waals surface area (Å²) in [6, 6.07) is 14.4. The van der Waals surface area contributed by atoms with Crippen LogP contribution in [0, 0.1) is 0 Å². The Balaban J connectivity index is 1.80. The normalized spacial score (nSPS) is 13.6. The van der Waals surface area contributed by atoms with Crippen LogP contribution in [0.2, 0.25) is 0 Å². The molecule has 0 spiro atoms. The molecule has 1 aromatic heterocycles. The van der Waals surface area contributed by atoms with Crippen molar-refractivity contribution in [2.75, 3.05) is 7.11 Å². The molecule has 130 valence electrons. The van der Waals surface area contributed by atoms with E-state index >= 15 is 0 Å². The number of ether oxygens (including phenoxy) is 1. The number of benzene rings is 2. The Labute approximate surface area is 146 Å². The largest absolute Gasteiger partial charge is 0.464 e. The Morgan fingerprint density at radius 2 is 2.00 bits per heavy atom. The molecule has 0 fully saturated rings. The molecular formula is C20H22N2O3. The van der Waals surface area contributed by atoms with Crippen LogP contribution in [0.5, 0.6) is 0 Å². The fraction of sp³-hybridized carbons (Fsp3) is 0.300. The van der Waals surface area contributed by atoms with Crippen molar-refractivity contribution < 1.29 is 14.6 Å². The summed E-state index contributed by atoms with van der Waals surface area (Å²) in [5, 5.41) is 12.6. The maximum absolute atomic E-state index is 11.6. The zero-order chi connectivity index (χ0) is 17.8. The third-order valence-corrected chi connectivity index (χ3v) is 4.53. The molecular weight excluding hydrogens is 316 g/mol. The van der Waals surface area contributed by atoms with E-state index in [2.05, 4.69) is 35.3 Å². The van der Waals surface area contributed by atoms with Gasteiger partial charge in [-0.05, 0) is 36.1 Å². The van der Waals surface area contributed by atoms with Crippen LogP contribution in [0.4, 0.5) is 0 Å². The number of aryl methyl sites for hydroxylation is 1. The zero-order valence-electron chi connectivity index (χ0n) is 14.4. The van der Waals surface area contributed by atoms with Crippen molar-refractivity contribution in [1.82, 2.24) is 9.55 Å². The number of aliphatic hydroxyl groups excluding tert-OH is 1. The van der Waals surface area contributed by atoms with Crippen LogP contribution >= 0.6 is 0 Å². The molecule has 0 saturated heterocycles. The number of carbonyl (C=O) groups is 1. The van der Waals surface area contributed by atoms with Gasteiger partial charge in [0.25, 0.3) is 0 Å². The van der Waals surface area contributed by atoms with Crippen molar-refractivity contribution in [2.45, 2.75) is 31.9 Å². The number of aliphatic hydroxyl groups is 1. The molecule has 2 unspecified atom stereocenters. The molecule has 2 atom stereocenters. The fourth-order valence-electron chi connectivity index (χ4n) is 3.18. The van der Waals surface area contributed by atoms with Crippen LogP contribution in [-0.4, -0.2) is 33.8 Å². The van der Waals surface area contributed by atoms with Gasteiger partial charge in [-0.25, -0.2) is 9.78 Å². The third-order valence-electron chi connectivity index (χ3n) is 4.53. The van der Waals surface area contributed by atoms with Gasteiger partial charge in [0, 0.05) is 6.20 Å². The minimum atomic E-state index is -0.560. The zero-order valence-corrected chi connectivity index (χ0v) is 14.4. The Hall–Kier alpha value is -2.66. The van der Waals surface area contributed by atoms with E-state index < -0.39 is 12.1 Å². The van der Waals surface area contributed by atoms with Gasteiger partial charge >= 0.3 is 5.97 Å². The average Bonchev–Trinajstić information content (AvgIpc) is 3.11. The van der Waals surface area contributed by atoms with E-state index in [0.29, 0.717) is 0 Å². The van der Waals surface area contributed by atoms with Crippen molar-refractivity contribution in [3.05, 3.63) is 66.2 Å². The topological polar surface area (TPSA) is 64.3 Å². The fourth-order valence-corrected chi connectivity index (χ4v) is 3.18. The first-order chi connectivity index (χ1) is 12.1. The predicted molar refractivity (Wildman–Crippen MR) is 96.6 cm³/mol. The van der Waals surface area contributed by atoms with E-state index in [9.17, 15) is 9.90 Å². The van der Waals surface area contributed by atoms with Crippen molar-refractivity contribution in [1.29, 1.82) is 0 Å². The van der Waals surface area contributed by atoms with Gasteiger partial charge < -0.3 is 14.4 Å². The molecule has 0 amide bonds. The first-order valence-electron chi connectivity index (χ1n) is 8.36. The maximum Gasteiger partial charge on any atom is 0.358 e. The highest BCUT2D eigenvalue weighted by molar-refractivity contribution is 5.87. The molecule has 0 aliphatic carbocycles. The molecule has 3 aromatic rings. The van der Waals surface area contributed by atoms with Gasteiger partial charge in [0.15, 0.2) is 5.69 Å². The number of fused-ring (bicyclic) bond motifs is 1. The molecule has 0 aliphatic heterocycles. The lowest BCUT2D eigenvalue weighted by molar-refractivity contribution is 0.0594. The highest BCUT2D eigenvalue weighted by Gasteiger charge is 2.19. The number of imidazole rings is 1. The third kappa shape index (κ3) is 3.72. The molecule has 0 saturated carbocycles. The number of esters is 1. The molecule has 0 radical (unpaired) electrons.